The summed E-state index contributed by atoms with van der Waals surface area (Å²) >= 11 is 11.5. The topological polar surface area (TPSA) is 54.9 Å². The van der Waals surface area contributed by atoms with Crippen molar-refractivity contribution in [3.05, 3.63) is 16.5 Å². The van der Waals surface area contributed by atoms with Crippen molar-refractivity contribution in [3.8, 4) is 0 Å². The quantitative estimate of drug-likeness (QED) is 0.824. The highest BCUT2D eigenvalue weighted by Gasteiger charge is 2.43. The number of carbonyl (C=O) groups is 1. The lowest BCUT2D eigenvalue weighted by Crippen LogP contribution is -2.34. The van der Waals surface area contributed by atoms with Gasteiger partial charge in [0.25, 0.3) is 0 Å². The van der Waals surface area contributed by atoms with E-state index in [1.807, 2.05) is 0 Å². The Labute approximate surface area is 129 Å². The molecule has 116 valence electrons. The first-order chi connectivity index (χ1) is 9.79. The molecule has 1 aromatic heterocycles. The van der Waals surface area contributed by atoms with Crippen LogP contribution in [0.1, 0.15) is 25.7 Å². The van der Waals surface area contributed by atoms with Gasteiger partial charge in [-0.2, -0.15) is 13.2 Å². The van der Waals surface area contributed by atoms with Crippen molar-refractivity contribution in [1.29, 1.82) is 0 Å². The molecule has 1 saturated carbocycles. The Balaban J connectivity index is 2.05. The zero-order valence-electron chi connectivity index (χ0n) is 10.8. The van der Waals surface area contributed by atoms with Crippen LogP contribution in [0.4, 0.5) is 19.0 Å². The van der Waals surface area contributed by atoms with Gasteiger partial charge in [0, 0.05) is 5.92 Å². The van der Waals surface area contributed by atoms with Crippen LogP contribution >= 0.6 is 23.2 Å². The molecule has 0 radical (unpaired) electrons. The third kappa shape index (κ3) is 3.97. The molecule has 0 aromatic carbocycles. The maximum Gasteiger partial charge on any atom is 0.391 e. The van der Waals surface area contributed by atoms with E-state index in [4.69, 9.17) is 23.2 Å². The first-order valence-electron chi connectivity index (χ1n) is 6.32. The molecule has 9 heteroatoms. The summed E-state index contributed by atoms with van der Waals surface area (Å²) in [5.74, 6) is -2.67. The molecule has 1 aliphatic rings. The number of aromatic nitrogens is 2. The Kier molecular flexibility index (Phi) is 4.93. The Hall–Kier alpha value is -1.08. The summed E-state index contributed by atoms with van der Waals surface area (Å²) in [4.78, 5) is 19.4. The summed E-state index contributed by atoms with van der Waals surface area (Å²) in [6.07, 6.45) is -2.54. The Morgan fingerprint density at radius 2 is 2.00 bits per heavy atom. The van der Waals surface area contributed by atoms with E-state index in [0.717, 1.165) is 6.33 Å². The number of carbonyl (C=O) groups excluding carboxylic acids is 1. The lowest BCUT2D eigenvalue weighted by molar-refractivity contribution is -0.185. The van der Waals surface area contributed by atoms with Gasteiger partial charge in [0.2, 0.25) is 5.91 Å². The second kappa shape index (κ2) is 6.36. The van der Waals surface area contributed by atoms with Crippen molar-refractivity contribution in [2.24, 2.45) is 11.8 Å². The highest BCUT2D eigenvalue weighted by Crippen LogP contribution is 2.40. The van der Waals surface area contributed by atoms with Crippen molar-refractivity contribution in [2.75, 3.05) is 5.32 Å². The number of nitrogens with zero attached hydrogens (tertiary/aromatic N) is 2. The number of alkyl halides is 3. The Morgan fingerprint density at radius 3 is 2.67 bits per heavy atom. The van der Waals surface area contributed by atoms with E-state index >= 15 is 0 Å². The molecule has 2 unspecified atom stereocenters. The third-order valence-electron chi connectivity index (χ3n) is 3.50. The molecule has 1 heterocycles. The van der Waals surface area contributed by atoms with Crippen LogP contribution in [-0.2, 0) is 4.79 Å². The van der Waals surface area contributed by atoms with Crippen LogP contribution in [0.15, 0.2) is 6.33 Å². The fourth-order valence-electron chi connectivity index (χ4n) is 2.38. The van der Waals surface area contributed by atoms with E-state index in [1.54, 1.807) is 0 Å². The Bertz CT molecular complexity index is 539. The zero-order chi connectivity index (χ0) is 15.6. The van der Waals surface area contributed by atoms with Gasteiger partial charge in [0.1, 0.15) is 11.3 Å². The predicted octanol–water partition coefficient (Wildman–Crippen LogP) is 4.09. The van der Waals surface area contributed by atoms with Crippen LogP contribution in [0.3, 0.4) is 0 Å². The molecular formula is C12H12Cl2F3N3O. The summed E-state index contributed by atoms with van der Waals surface area (Å²) in [6, 6.07) is 0. The monoisotopic (exact) mass is 341 g/mol. The SMILES string of the molecule is O=C(Nc1ncnc(Cl)c1Cl)C1CCCC(C(F)(F)F)C1. The summed E-state index contributed by atoms with van der Waals surface area (Å²) in [5, 5.41) is 2.36. The largest absolute Gasteiger partial charge is 0.391 e. The van der Waals surface area contributed by atoms with E-state index in [0.29, 0.717) is 12.8 Å². The van der Waals surface area contributed by atoms with Gasteiger partial charge in [0.05, 0.1) is 5.92 Å². The fourth-order valence-corrected chi connectivity index (χ4v) is 2.66. The number of anilines is 1. The smallest absolute Gasteiger partial charge is 0.309 e. The lowest BCUT2D eigenvalue weighted by atomic mass is 9.80. The van der Waals surface area contributed by atoms with E-state index in [-0.39, 0.29) is 28.8 Å². The molecule has 4 nitrogen and oxygen atoms in total. The molecule has 0 saturated heterocycles. The maximum absolute atomic E-state index is 12.7. The van der Waals surface area contributed by atoms with Crippen LogP contribution < -0.4 is 5.32 Å². The van der Waals surface area contributed by atoms with E-state index < -0.39 is 23.9 Å². The predicted molar refractivity (Wildman–Crippen MR) is 72.2 cm³/mol. The number of hydrogen-bond donors (Lipinski definition) is 1. The number of rotatable bonds is 2. The van der Waals surface area contributed by atoms with Gasteiger partial charge in [0.15, 0.2) is 11.0 Å². The van der Waals surface area contributed by atoms with Crippen molar-refractivity contribution in [2.45, 2.75) is 31.9 Å². The van der Waals surface area contributed by atoms with Crippen LogP contribution in [0.25, 0.3) is 0 Å². The van der Waals surface area contributed by atoms with Gasteiger partial charge in [-0.15, -0.1) is 0 Å². The second-order valence-corrected chi connectivity index (χ2v) is 5.65. The Morgan fingerprint density at radius 1 is 1.29 bits per heavy atom. The first kappa shape index (κ1) is 16.3. The zero-order valence-corrected chi connectivity index (χ0v) is 12.3. The average molecular weight is 342 g/mol. The minimum Gasteiger partial charge on any atom is -0.309 e. The molecule has 0 spiro atoms. The highest BCUT2D eigenvalue weighted by atomic mass is 35.5. The van der Waals surface area contributed by atoms with Crippen LogP contribution in [0, 0.1) is 11.8 Å². The van der Waals surface area contributed by atoms with Gasteiger partial charge >= 0.3 is 6.18 Å². The number of hydrogen-bond acceptors (Lipinski definition) is 3. The highest BCUT2D eigenvalue weighted by molar-refractivity contribution is 6.42. The lowest BCUT2D eigenvalue weighted by Gasteiger charge is -2.29. The van der Waals surface area contributed by atoms with Crippen LogP contribution in [0.2, 0.25) is 10.2 Å². The minimum absolute atomic E-state index is 0.01000. The van der Waals surface area contributed by atoms with E-state index in [9.17, 15) is 18.0 Å². The average Bonchev–Trinajstić information content (AvgIpc) is 2.43. The van der Waals surface area contributed by atoms with Crippen LogP contribution in [0.5, 0.6) is 0 Å². The molecule has 21 heavy (non-hydrogen) atoms. The summed E-state index contributed by atoms with van der Waals surface area (Å²) in [6.45, 7) is 0. The van der Waals surface area contributed by atoms with Crippen molar-refractivity contribution >= 4 is 34.9 Å². The summed E-state index contributed by atoms with van der Waals surface area (Å²) < 4.78 is 38.2. The van der Waals surface area contributed by atoms with E-state index in [2.05, 4.69) is 15.3 Å². The molecule has 0 bridgehead atoms. The van der Waals surface area contributed by atoms with Crippen LogP contribution in [-0.4, -0.2) is 22.1 Å². The molecule has 1 aromatic rings. The summed E-state index contributed by atoms with van der Waals surface area (Å²) in [7, 11) is 0. The van der Waals surface area contributed by atoms with Gasteiger partial charge in [-0.3, -0.25) is 4.79 Å². The van der Waals surface area contributed by atoms with Gasteiger partial charge in [-0.1, -0.05) is 29.6 Å². The normalized spacial score (nSPS) is 22.9. The van der Waals surface area contributed by atoms with Crippen molar-refractivity contribution in [1.82, 2.24) is 9.97 Å². The molecule has 0 aliphatic heterocycles. The molecule has 1 amide bonds. The molecule has 1 aliphatic carbocycles. The molecule has 1 fully saturated rings. The van der Waals surface area contributed by atoms with E-state index in [1.165, 1.54) is 0 Å². The first-order valence-corrected chi connectivity index (χ1v) is 7.08. The molecular weight excluding hydrogens is 330 g/mol. The van der Waals surface area contributed by atoms with Crippen molar-refractivity contribution in [3.63, 3.8) is 0 Å². The number of nitrogens with one attached hydrogen (secondary N) is 1. The van der Waals surface area contributed by atoms with Crippen molar-refractivity contribution < 1.29 is 18.0 Å². The minimum atomic E-state index is -4.27. The fraction of sp³-hybridized carbons (Fsp3) is 0.583. The third-order valence-corrected chi connectivity index (χ3v) is 4.24. The molecule has 1 N–H and O–H groups in total. The number of amides is 1. The number of halogens is 5. The summed E-state index contributed by atoms with van der Waals surface area (Å²) in [5.41, 5.74) is 0. The standard InChI is InChI=1S/C12H12Cl2F3N3O/c13-8-9(14)18-5-19-10(8)20-11(21)6-2-1-3-7(4-6)12(15,16)17/h5-7H,1-4H2,(H,18,19,20,21). The van der Waals surface area contributed by atoms with Gasteiger partial charge in [-0.25, -0.2) is 9.97 Å². The van der Waals surface area contributed by atoms with Gasteiger partial charge < -0.3 is 5.32 Å². The second-order valence-electron chi connectivity index (χ2n) is 4.92. The van der Waals surface area contributed by atoms with Gasteiger partial charge in [-0.05, 0) is 19.3 Å². The maximum atomic E-state index is 12.7. The molecule has 2 rings (SSSR count). The molecule has 2 atom stereocenters.